The van der Waals surface area contributed by atoms with E-state index in [2.05, 4.69) is 10.3 Å². The van der Waals surface area contributed by atoms with Gasteiger partial charge < -0.3 is 10.3 Å². The molecule has 6 nitrogen and oxygen atoms in total. The molecule has 0 radical (unpaired) electrons. The van der Waals surface area contributed by atoms with Crippen LogP contribution in [0.5, 0.6) is 0 Å². The van der Waals surface area contributed by atoms with Crippen molar-refractivity contribution in [1.29, 1.82) is 0 Å². The summed E-state index contributed by atoms with van der Waals surface area (Å²) in [4.78, 5) is 14.5. The highest BCUT2D eigenvalue weighted by Gasteiger charge is 2.11. The number of hydrogen-bond acceptors (Lipinski definition) is 4. The molecule has 0 aliphatic carbocycles. The highest BCUT2D eigenvalue weighted by atomic mass is 32.2. The zero-order chi connectivity index (χ0) is 12.5. The Morgan fingerprint density at radius 3 is 2.94 bits per heavy atom. The van der Waals surface area contributed by atoms with Crippen LogP contribution in [0.15, 0.2) is 17.5 Å². The van der Waals surface area contributed by atoms with Crippen LogP contribution in [0.25, 0.3) is 10.2 Å². The second kappa shape index (κ2) is 4.47. The summed E-state index contributed by atoms with van der Waals surface area (Å²) in [5.74, 6) is -0.884. The number of aromatic nitrogens is 1. The van der Waals surface area contributed by atoms with Crippen LogP contribution in [0, 0.1) is 0 Å². The van der Waals surface area contributed by atoms with Gasteiger partial charge in [-0.1, -0.05) is 0 Å². The first-order valence-electron chi connectivity index (χ1n) is 4.75. The van der Waals surface area contributed by atoms with Crippen LogP contribution in [0.3, 0.4) is 0 Å². The summed E-state index contributed by atoms with van der Waals surface area (Å²) >= 11 is 1.51. The number of carbonyl (C=O) groups is 1. The van der Waals surface area contributed by atoms with E-state index in [0.29, 0.717) is 5.69 Å². The lowest BCUT2D eigenvalue weighted by Crippen LogP contribution is -2.29. The predicted octanol–water partition coefficient (Wildman–Crippen LogP) is 0.847. The lowest BCUT2D eigenvalue weighted by Gasteiger charge is -2.01. The van der Waals surface area contributed by atoms with Gasteiger partial charge in [0, 0.05) is 6.54 Å². The summed E-state index contributed by atoms with van der Waals surface area (Å²) in [6.45, 7) is -0.121. The molecule has 0 atom stereocenters. The number of H-pyrrole nitrogens is 1. The van der Waals surface area contributed by atoms with Gasteiger partial charge in [0.2, 0.25) is 0 Å². The van der Waals surface area contributed by atoms with E-state index >= 15 is 0 Å². The number of rotatable bonds is 4. The smallest absolute Gasteiger partial charge is 0.267 e. The maximum atomic E-state index is 11.6. The maximum Gasteiger partial charge on any atom is 0.267 e. The van der Waals surface area contributed by atoms with Gasteiger partial charge in [-0.15, -0.1) is 11.3 Å². The average Bonchev–Trinajstić information content (AvgIpc) is 2.73. The van der Waals surface area contributed by atoms with Gasteiger partial charge in [-0.2, -0.15) is 8.42 Å². The Labute approximate surface area is 101 Å². The molecular weight excluding hydrogens is 264 g/mol. The highest BCUT2D eigenvalue weighted by molar-refractivity contribution is 7.85. The Bertz CT molecular complexity index is 612. The molecule has 0 aliphatic heterocycles. The average molecular weight is 274 g/mol. The van der Waals surface area contributed by atoms with E-state index in [1.807, 2.05) is 11.4 Å². The molecule has 0 bridgehead atoms. The van der Waals surface area contributed by atoms with Crippen LogP contribution >= 0.6 is 11.3 Å². The zero-order valence-electron chi connectivity index (χ0n) is 8.63. The van der Waals surface area contributed by atoms with E-state index in [4.69, 9.17) is 4.55 Å². The summed E-state index contributed by atoms with van der Waals surface area (Å²) in [7, 11) is -4.04. The maximum absolute atomic E-state index is 11.6. The molecule has 17 heavy (non-hydrogen) atoms. The molecular formula is C9H10N2O4S2. The molecule has 0 unspecified atom stereocenters. The second-order valence-electron chi connectivity index (χ2n) is 3.42. The minimum Gasteiger partial charge on any atom is -0.350 e. The van der Waals surface area contributed by atoms with Crippen LogP contribution in [-0.4, -0.2) is 36.2 Å². The third kappa shape index (κ3) is 3.05. The molecule has 2 aromatic rings. The molecule has 0 aromatic carbocycles. The molecule has 3 N–H and O–H groups in total. The van der Waals surface area contributed by atoms with Gasteiger partial charge in [0.1, 0.15) is 5.69 Å². The quantitative estimate of drug-likeness (QED) is 0.719. The Balaban J connectivity index is 1.99. The lowest BCUT2D eigenvalue weighted by atomic mass is 10.4. The number of aromatic amines is 1. The monoisotopic (exact) mass is 274 g/mol. The number of fused-ring (bicyclic) bond motifs is 1. The third-order valence-corrected chi connectivity index (χ3v) is 3.71. The Kier molecular flexibility index (Phi) is 3.18. The van der Waals surface area contributed by atoms with E-state index in [-0.39, 0.29) is 6.54 Å². The largest absolute Gasteiger partial charge is 0.350 e. The van der Waals surface area contributed by atoms with Crippen molar-refractivity contribution in [1.82, 2.24) is 10.3 Å². The van der Waals surface area contributed by atoms with E-state index < -0.39 is 21.8 Å². The van der Waals surface area contributed by atoms with Crippen molar-refractivity contribution >= 4 is 37.6 Å². The first-order valence-corrected chi connectivity index (χ1v) is 7.24. The van der Waals surface area contributed by atoms with Crippen molar-refractivity contribution in [2.24, 2.45) is 0 Å². The number of carbonyl (C=O) groups excluding carboxylic acids is 1. The second-order valence-corrected chi connectivity index (χ2v) is 5.94. The fraction of sp³-hybridized carbons (Fsp3) is 0.222. The molecule has 0 fully saturated rings. The SMILES string of the molecule is O=C(NCCS(=O)(=O)O)c1cc2sccc2[nH]1. The normalized spacial score (nSPS) is 11.8. The van der Waals surface area contributed by atoms with E-state index in [1.165, 1.54) is 11.3 Å². The molecule has 8 heteroatoms. The third-order valence-electron chi connectivity index (χ3n) is 2.13. The Morgan fingerprint density at radius 2 is 2.29 bits per heavy atom. The van der Waals surface area contributed by atoms with Gasteiger partial charge in [-0.25, -0.2) is 0 Å². The fourth-order valence-electron chi connectivity index (χ4n) is 1.36. The summed E-state index contributed by atoms with van der Waals surface area (Å²) in [5.41, 5.74) is 1.25. The zero-order valence-corrected chi connectivity index (χ0v) is 10.3. The Hall–Kier alpha value is -1.38. The van der Waals surface area contributed by atoms with Gasteiger partial charge in [-0.3, -0.25) is 9.35 Å². The summed E-state index contributed by atoms with van der Waals surface area (Å²) < 4.78 is 30.4. The number of thiophene rings is 1. The van der Waals surface area contributed by atoms with Crippen LogP contribution in [-0.2, 0) is 10.1 Å². The molecule has 0 saturated heterocycles. The lowest BCUT2D eigenvalue weighted by molar-refractivity contribution is 0.0952. The standard InChI is InChI=1S/C9H10N2O4S2/c12-9(10-2-4-17(13,14)15)7-5-8-6(11-7)1-3-16-8/h1,3,5,11H,2,4H2,(H,10,12)(H,13,14,15). The van der Waals surface area contributed by atoms with Crippen LogP contribution < -0.4 is 5.32 Å². The van der Waals surface area contributed by atoms with Crippen LogP contribution in [0.1, 0.15) is 10.5 Å². The van der Waals surface area contributed by atoms with Crippen molar-refractivity contribution in [2.75, 3.05) is 12.3 Å². The van der Waals surface area contributed by atoms with Crippen molar-refractivity contribution in [3.8, 4) is 0 Å². The number of amides is 1. The first-order chi connectivity index (χ1) is 7.96. The van der Waals surface area contributed by atoms with Gasteiger partial charge in [-0.05, 0) is 17.5 Å². The van der Waals surface area contributed by atoms with Gasteiger partial charge in [0.05, 0.1) is 16.0 Å². The van der Waals surface area contributed by atoms with Crippen molar-refractivity contribution in [2.45, 2.75) is 0 Å². The molecule has 2 heterocycles. The number of nitrogens with one attached hydrogen (secondary N) is 2. The van der Waals surface area contributed by atoms with E-state index in [9.17, 15) is 13.2 Å². The van der Waals surface area contributed by atoms with E-state index in [1.54, 1.807) is 6.07 Å². The minimum atomic E-state index is -4.04. The molecule has 0 aliphatic rings. The Morgan fingerprint density at radius 1 is 1.53 bits per heavy atom. The molecule has 0 saturated carbocycles. The topological polar surface area (TPSA) is 99.3 Å². The summed E-state index contributed by atoms with van der Waals surface area (Å²) in [6, 6.07) is 3.55. The van der Waals surface area contributed by atoms with Crippen LogP contribution in [0.4, 0.5) is 0 Å². The summed E-state index contributed by atoms with van der Waals surface area (Å²) in [6.07, 6.45) is 0. The van der Waals surface area contributed by atoms with Crippen molar-refractivity contribution < 1.29 is 17.8 Å². The molecule has 92 valence electrons. The number of hydrogen-bond donors (Lipinski definition) is 3. The summed E-state index contributed by atoms with van der Waals surface area (Å²) in [5, 5.41) is 4.31. The van der Waals surface area contributed by atoms with E-state index in [0.717, 1.165) is 10.2 Å². The minimum absolute atomic E-state index is 0.121. The van der Waals surface area contributed by atoms with Gasteiger partial charge in [0.15, 0.2) is 0 Å². The first kappa shape index (κ1) is 12.1. The van der Waals surface area contributed by atoms with Gasteiger partial charge in [0.25, 0.3) is 16.0 Å². The molecule has 2 aromatic heterocycles. The molecule has 0 spiro atoms. The predicted molar refractivity (Wildman–Crippen MR) is 64.9 cm³/mol. The molecule has 2 rings (SSSR count). The molecule has 1 amide bonds. The van der Waals surface area contributed by atoms with Crippen molar-refractivity contribution in [3.05, 3.63) is 23.2 Å². The van der Waals surface area contributed by atoms with Crippen LogP contribution in [0.2, 0.25) is 0 Å². The van der Waals surface area contributed by atoms with Gasteiger partial charge >= 0.3 is 0 Å². The highest BCUT2D eigenvalue weighted by Crippen LogP contribution is 2.20. The van der Waals surface area contributed by atoms with Crippen molar-refractivity contribution in [3.63, 3.8) is 0 Å². The fourth-order valence-corrected chi connectivity index (χ4v) is 2.50.